The lowest BCUT2D eigenvalue weighted by Crippen LogP contribution is -2.11. The third kappa shape index (κ3) is 4.06. The smallest absolute Gasteiger partial charge is 0.321 e. The zero-order chi connectivity index (χ0) is 21.3. The van der Waals surface area contributed by atoms with Crippen molar-refractivity contribution >= 4 is 22.9 Å². The monoisotopic (exact) mass is 430 g/mol. The Labute approximate surface area is 172 Å². The molecule has 0 spiro atoms. The lowest BCUT2D eigenvalue weighted by atomic mass is 10.1. The number of tetrazole rings is 1. The lowest BCUT2D eigenvalue weighted by Gasteiger charge is -2.06. The number of anilines is 1. The Kier molecular flexibility index (Phi) is 5.04. The van der Waals surface area contributed by atoms with E-state index in [2.05, 4.69) is 25.8 Å². The number of hydrogen-bond acceptors (Lipinski definition) is 6. The summed E-state index contributed by atoms with van der Waals surface area (Å²) in [6.45, 7) is 1.68. The Bertz CT molecular complexity index is 1170. The van der Waals surface area contributed by atoms with E-state index in [1.807, 2.05) is 0 Å². The molecule has 152 valence electrons. The molecule has 1 amide bonds. The molecule has 2 aromatic heterocycles. The summed E-state index contributed by atoms with van der Waals surface area (Å²) in [4.78, 5) is 17.4. The molecule has 30 heavy (non-hydrogen) atoms. The van der Waals surface area contributed by atoms with E-state index in [-0.39, 0.29) is 5.91 Å². The van der Waals surface area contributed by atoms with E-state index in [9.17, 15) is 18.0 Å². The average molecular weight is 430 g/mol. The lowest BCUT2D eigenvalue weighted by molar-refractivity contribution is -0.137. The van der Waals surface area contributed by atoms with E-state index < -0.39 is 11.7 Å². The highest BCUT2D eigenvalue weighted by molar-refractivity contribution is 7.17. The zero-order valence-corrected chi connectivity index (χ0v) is 16.2. The molecule has 7 nitrogen and oxygen atoms in total. The van der Waals surface area contributed by atoms with Gasteiger partial charge in [-0.3, -0.25) is 4.79 Å². The average Bonchev–Trinajstić information content (AvgIpc) is 3.38. The van der Waals surface area contributed by atoms with Gasteiger partial charge in [-0.15, -0.1) is 16.4 Å². The Morgan fingerprint density at radius 1 is 1.07 bits per heavy atom. The standard InChI is InChI=1S/C19H13F3N6OS/c1-11-16(30-18(24-11)12-2-4-13(5-3-12)19(20,21)22)17(29)25-14-6-8-15(9-7-14)28-10-23-26-27-28/h2-10H,1H3,(H,25,29). The van der Waals surface area contributed by atoms with Crippen LogP contribution in [0, 0.1) is 6.92 Å². The Hall–Kier alpha value is -3.60. The fourth-order valence-electron chi connectivity index (χ4n) is 2.70. The van der Waals surface area contributed by atoms with Crippen molar-refractivity contribution in [3.8, 4) is 16.3 Å². The summed E-state index contributed by atoms with van der Waals surface area (Å²) < 4.78 is 39.7. The van der Waals surface area contributed by atoms with Gasteiger partial charge in [0.2, 0.25) is 0 Å². The number of nitrogens with one attached hydrogen (secondary N) is 1. The molecule has 0 radical (unpaired) electrons. The minimum absolute atomic E-state index is 0.349. The summed E-state index contributed by atoms with van der Waals surface area (Å²) in [7, 11) is 0. The summed E-state index contributed by atoms with van der Waals surface area (Å²) in [6.07, 6.45) is -2.95. The maximum Gasteiger partial charge on any atom is 0.416 e. The van der Waals surface area contributed by atoms with Gasteiger partial charge in [-0.25, -0.2) is 9.67 Å². The molecular formula is C19H13F3N6OS. The third-order valence-corrected chi connectivity index (χ3v) is 5.41. The SMILES string of the molecule is Cc1nc(-c2ccc(C(F)(F)F)cc2)sc1C(=O)Nc1ccc(-n2cnnn2)cc1. The van der Waals surface area contributed by atoms with Crippen molar-refractivity contribution < 1.29 is 18.0 Å². The Morgan fingerprint density at radius 3 is 2.37 bits per heavy atom. The highest BCUT2D eigenvalue weighted by Gasteiger charge is 2.30. The molecule has 0 aliphatic heterocycles. The number of nitrogens with zero attached hydrogens (tertiary/aromatic N) is 5. The second kappa shape index (κ2) is 7.67. The van der Waals surface area contributed by atoms with Crippen LogP contribution in [0.5, 0.6) is 0 Å². The molecule has 0 aliphatic carbocycles. The van der Waals surface area contributed by atoms with Crippen molar-refractivity contribution in [3.05, 3.63) is 71.0 Å². The van der Waals surface area contributed by atoms with Gasteiger partial charge in [0, 0.05) is 11.3 Å². The number of aromatic nitrogens is 5. The maximum atomic E-state index is 12.7. The van der Waals surface area contributed by atoms with E-state index in [1.165, 1.54) is 23.1 Å². The van der Waals surface area contributed by atoms with Gasteiger partial charge in [0.15, 0.2) is 0 Å². The normalized spacial score (nSPS) is 11.5. The van der Waals surface area contributed by atoms with Crippen molar-refractivity contribution in [2.24, 2.45) is 0 Å². The summed E-state index contributed by atoms with van der Waals surface area (Å²) in [5, 5.41) is 14.2. The summed E-state index contributed by atoms with van der Waals surface area (Å²) in [6, 6.07) is 11.6. The molecule has 0 unspecified atom stereocenters. The fourth-order valence-corrected chi connectivity index (χ4v) is 3.66. The molecule has 4 rings (SSSR count). The number of carbonyl (C=O) groups is 1. The third-order valence-electron chi connectivity index (χ3n) is 4.20. The van der Waals surface area contributed by atoms with E-state index in [4.69, 9.17) is 0 Å². The first kappa shape index (κ1) is 19.7. The molecule has 0 saturated carbocycles. The van der Waals surface area contributed by atoms with Crippen molar-refractivity contribution in [1.29, 1.82) is 0 Å². The topological polar surface area (TPSA) is 85.6 Å². The number of benzene rings is 2. The molecule has 11 heteroatoms. The van der Waals surface area contributed by atoms with Crippen LogP contribution in [0.3, 0.4) is 0 Å². The molecule has 0 saturated heterocycles. The minimum atomic E-state index is -4.40. The van der Waals surface area contributed by atoms with Crippen LogP contribution < -0.4 is 5.32 Å². The summed E-state index contributed by atoms with van der Waals surface area (Å²) in [5.41, 5.74) is 1.58. The number of alkyl halides is 3. The van der Waals surface area contributed by atoms with Crippen LogP contribution >= 0.6 is 11.3 Å². The molecule has 0 fully saturated rings. The molecule has 0 atom stereocenters. The Balaban J connectivity index is 1.51. The number of aryl methyl sites for hydroxylation is 1. The van der Waals surface area contributed by atoms with Gasteiger partial charge in [-0.2, -0.15) is 13.2 Å². The number of carbonyl (C=O) groups excluding carboxylic acids is 1. The van der Waals surface area contributed by atoms with Gasteiger partial charge in [0.25, 0.3) is 5.91 Å². The minimum Gasteiger partial charge on any atom is -0.321 e. The van der Waals surface area contributed by atoms with Crippen LogP contribution in [0.15, 0.2) is 54.9 Å². The molecule has 1 N–H and O–H groups in total. The van der Waals surface area contributed by atoms with Crippen LogP contribution in [0.4, 0.5) is 18.9 Å². The summed E-state index contributed by atoms with van der Waals surface area (Å²) >= 11 is 1.12. The predicted molar refractivity (Wildman–Crippen MR) is 104 cm³/mol. The molecule has 0 aliphatic rings. The predicted octanol–water partition coefficient (Wildman–Crippen LogP) is 4.37. The number of amides is 1. The van der Waals surface area contributed by atoms with E-state index in [0.29, 0.717) is 26.8 Å². The number of rotatable bonds is 4. The quantitative estimate of drug-likeness (QED) is 0.520. The molecular weight excluding hydrogens is 417 g/mol. The van der Waals surface area contributed by atoms with Gasteiger partial charge in [-0.05, 0) is 53.7 Å². The molecule has 2 aromatic carbocycles. The molecule has 2 heterocycles. The van der Waals surface area contributed by atoms with Gasteiger partial charge in [-0.1, -0.05) is 12.1 Å². The van der Waals surface area contributed by atoms with E-state index in [0.717, 1.165) is 29.2 Å². The van der Waals surface area contributed by atoms with Gasteiger partial charge in [0.05, 0.1) is 16.9 Å². The Morgan fingerprint density at radius 2 is 1.77 bits per heavy atom. The first-order chi connectivity index (χ1) is 14.3. The maximum absolute atomic E-state index is 12.7. The van der Waals surface area contributed by atoms with Crippen molar-refractivity contribution in [2.45, 2.75) is 13.1 Å². The second-order valence-electron chi connectivity index (χ2n) is 6.26. The van der Waals surface area contributed by atoms with Crippen LogP contribution in [-0.4, -0.2) is 31.1 Å². The highest BCUT2D eigenvalue weighted by atomic mass is 32.1. The van der Waals surface area contributed by atoms with Gasteiger partial charge < -0.3 is 5.32 Å². The molecule has 4 aromatic rings. The number of halogens is 3. The van der Waals surface area contributed by atoms with Crippen LogP contribution in [0.2, 0.25) is 0 Å². The van der Waals surface area contributed by atoms with E-state index >= 15 is 0 Å². The van der Waals surface area contributed by atoms with Crippen LogP contribution in [-0.2, 0) is 6.18 Å². The van der Waals surface area contributed by atoms with Crippen molar-refractivity contribution in [1.82, 2.24) is 25.2 Å². The van der Waals surface area contributed by atoms with E-state index in [1.54, 1.807) is 31.2 Å². The number of hydrogen-bond donors (Lipinski definition) is 1. The summed E-state index contributed by atoms with van der Waals surface area (Å²) in [5.74, 6) is -0.349. The van der Waals surface area contributed by atoms with Crippen LogP contribution in [0.25, 0.3) is 16.3 Å². The second-order valence-corrected chi connectivity index (χ2v) is 7.26. The van der Waals surface area contributed by atoms with Crippen molar-refractivity contribution in [2.75, 3.05) is 5.32 Å². The first-order valence-electron chi connectivity index (χ1n) is 8.61. The highest BCUT2D eigenvalue weighted by Crippen LogP contribution is 2.33. The number of thiazole rings is 1. The first-order valence-corrected chi connectivity index (χ1v) is 9.43. The van der Waals surface area contributed by atoms with Gasteiger partial charge in [0.1, 0.15) is 16.2 Å². The van der Waals surface area contributed by atoms with Crippen LogP contribution in [0.1, 0.15) is 20.9 Å². The molecule has 0 bridgehead atoms. The fraction of sp³-hybridized carbons (Fsp3) is 0.105. The largest absolute Gasteiger partial charge is 0.416 e. The zero-order valence-electron chi connectivity index (χ0n) is 15.4. The van der Waals surface area contributed by atoms with Crippen molar-refractivity contribution in [3.63, 3.8) is 0 Å². The van der Waals surface area contributed by atoms with Gasteiger partial charge >= 0.3 is 6.18 Å².